The molecular formula is C17H34N2O. The molecule has 2 rings (SSSR count). The zero-order valence-corrected chi connectivity index (χ0v) is 13.7. The number of nitrogens with zero attached hydrogens (tertiary/aromatic N) is 1. The Balaban J connectivity index is 1.63. The van der Waals surface area contributed by atoms with Gasteiger partial charge in [0.1, 0.15) is 0 Å². The molecule has 1 N–H and O–H groups in total. The van der Waals surface area contributed by atoms with E-state index in [9.17, 15) is 0 Å². The van der Waals surface area contributed by atoms with E-state index in [0.29, 0.717) is 18.1 Å². The number of ether oxygens (including phenoxy) is 1. The van der Waals surface area contributed by atoms with Gasteiger partial charge in [0.15, 0.2) is 0 Å². The lowest BCUT2D eigenvalue weighted by molar-refractivity contribution is -0.0248. The summed E-state index contributed by atoms with van der Waals surface area (Å²) in [5, 5.41) is 3.79. The van der Waals surface area contributed by atoms with E-state index in [1.165, 1.54) is 51.7 Å². The molecule has 0 amide bonds. The molecule has 0 aromatic rings. The first-order valence-electron chi connectivity index (χ1n) is 8.72. The van der Waals surface area contributed by atoms with Gasteiger partial charge < -0.3 is 15.0 Å². The maximum atomic E-state index is 5.85. The molecule has 0 aromatic carbocycles. The van der Waals surface area contributed by atoms with E-state index in [1.54, 1.807) is 0 Å². The van der Waals surface area contributed by atoms with Crippen molar-refractivity contribution in [2.24, 2.45) is 11.8 Å². The van der Waals surface area contributed by atoms with E-state index < -0.39 is 0 Å². The first-order chi connectivity index (χ1) is 9.65. The largest absolute Gasteiger partial charge is 0.378 e. The maximum Gasteiger partial charge on any atom is 0.0612 e. The normalized spacial score (nSPS) is 30.6. The molecule has 3 atom stereocenters. The minimum atomic E-state index is 0.457. The smallest absolute Gasteiger partial charge is 0.0612 e. The predicted octanol–water partition coefficient (Wildman–Crippen LogP) is 2.90. The van der Waals surface area contributed by atoms with Gasteiger partial charge in [-0.25, -0.2) is 0 Å². The second-order valence-corrected chi connectivity index (χ2v) is 7.25. The van der Waals surface area contributed by atoms with E-state index in [1.807, 2.05) is 0 Å². The summed E-state index contributed by atoms with van der Waals surface area (Å²) >= 11 is 0. The van der Waals surface area contributed by atoms with Crippen LogP contribution in [0.3, 0.4) is 0 Å². The van der Waals surface area contributed by atoms with Crippen LogP contribution in [0.25, 0.3) is 0 Å². The SMILES string of the molecule is CC(CNC1CCOC(C(C)C)C1)CN1CCCCC1. The lowest BCUT2D eigenvalue weighted by Gasteiger charge is -2.34. The Morgan fingerprint density at radius 1 is 1.15 bits per heavy atom. The number of nitrogens with one attached hydrogen (secondary N) is 1. The molecule has 20 heavy (non-hydrogen) atoms. The first kappa shape index (κ1) is 16.3. The van der Waals surface area contributed by atoms with Gasteiger partial charge in [0.2, 0.25) is 0 Å². The maximum absolute atomic E-state index is 5.85. The van der Waals surface area contributed by atoms with Gasteiger partial charge in [-0.15, -0.1) is 0 Å². The van der Waals surface area contributed by atoms with Crippen molar-refractivity contribution < 1.29 is 4.74 Å². The summed E-state index contributed by atoms with van der Waals surface area (Å²) in [6.45, 7) is 12.9. The third kappa shape index (κ3) is 5.34. The molecule has 2 saturated heterocycles. The molecule has 118 valence electrons. The Kier molecular flexibility index (Phi) is 6.79. The van der Waals surface area contributed by atoms with Gasteiger partial charge in [-0.2, -0.15) is 0 Å². The Hall–Kier alpha value is -0.120. The summed E-state index contributed by atoms with van der Waals surface area (Å²) in [5.41, 5.74) is 0. The van der Waals surface area contributed by atoms with Crippen LogP contribution in [0, 0.1) is 11.8 Å². The molecule has 3 nitrogen and oxygen atoms in total. The van der Waals surface area contributed by atoms with Crippen LogP contribution in [0.15, 0.2) is 0 Å². The molecule has 2 heterocycles. The number of likely N-dealkylation sites (tertiary alicyclic amines) is 1. The van der Waals surface area contributed by atoms with Gasteiger partial charge in [-0.05, 0) is 57.2 Å². The monoisotopic (exact) mass is 282 g/mol. The van der Waals surface area contributed by atoms with E-state index in [-0.39, 0.29) is 0 Å². The van der Waals surface area contributed by atoms with Crippen molar-refractivity contribution in [3.63, 3.8) is 0 Å². The minimum absolute atomic E-state index is 0.457. The summed E-state index contributed by atoms with van der Waals surface area (Å²) in [6.07, 6.45) is 7.06. The summed E-state index contributed by atoms with van der Waals surface area (Å²) in [5.74, 6) is 1.40. The fourth-order valence-electron chi connectivity index (χ4n) is 3.49. The summed E-state index contributed by atoms with van der Waals surface area (Å²) < 4.78 is 5.85. The standard InChI is InChI=1S/C17H34N2O/c1-14(2)17-11-16(7-10-20-17)18-12-15(3)13-19-8-5-4-6-9-19/h14-18H,4-13H2,1-3H3. The third-order valence-corrected chi connectivity index (χ3v) is 4.83. The Morgan fingerprint density at radius 2 is 1.90 bits per heavy atom. The van der Waals surface area contributed by atoms with Crippen LogP contribution in [0.2, 0.25) is 0 Å². The van der Waals surface area contributed by atoms with Crippen molar-refractivity contribution in [3.05, 3.63) is 0 Å². The fraction of sp³-hybridized carbons (Fsp3) is 1.00. The molecule has 2 aliphatic heterocycles. The van der Waals surface area contributed by atoms with Crippen molar-refractivity contribution in [2.45, 2.75) is 65.0 Å². The first-order valence-corrected chi connectivity index (χ1v) is 8.72. The number of piperidine rings is 1. The van der Waals surface area contributed by atoms with Gasteiger partial charge >= 0.3 is 0 Å². The van der Waals surface area contributed by atoms with E-state index in [4.69, 9.17) is 4.74 Å². The molecule has 0 radical (unpaired) electrons. The highest BCUT2D eigenvalue weighted by Crippen LogP contribution is 2.20. The molecular weight excluding hydrogens is 248 g/mol. The molecule has 2 aliphatic rings. The van der Waals surface area contributed by atoms with Crippen molar-refractivity contribution in [2.75, 3.05) is 32.8 Å². The molecule has 0 aliphatic carbocycles. The second-order valence-electron chi connectivity index (χ2n) is 7.25. The van der Waals surface area contributed by atoms with Gasteiger partial charge in [0, 0.05) is 19.2 Å². The number of rotatable bonds is 6. The quantitative estimate of drug-likeness (QED) is 0.811. The molecule has 0 spiro atoms. The van der Waals surface area contributed by atoms with Crippen molar-refractivity contribution in [1.29, 1.82) is 0 Å². The van der Waals surface area contributed by atoms with Crippen molar-refractivity contribution in [1.82, 2.24) is 10.2 Å². The van der Waals surface area contributed by atoms with Gasteiger partial charge in [0.25, 0.3) is 0 Å². The highest BCUT2D eigenvalue weighted by Gasteiger charge is 2.25. The van der Waals surface area contributed by atoms with Crippen LogP contribution in [0.1, 0.15) is 52.9 Å². The average Bonchev–Trinajstić information content (AvgIpc) is 2.46. The zero-order valence-electron chi connectivity index (χ0n) is 13.7. The van der Waals surface area contributed by atoms with Gasteiger partial charge in [0.05, 0.1) is 6.10 Å². The molecule has 3 heteroatoms. The van der Waals surface area contributed by atoms with Crippen LogP contribution >= 0.6 is 0 Å². The predicted molar refractivity (Wildman–Crippen MR) is 85.1 cm³/mol. The zero-order chi connectivity index (χ0) is 14.4. The van der Waals surface area contributed by atoms with E-state index >= 15 is 0 Å². The summed E-state index contributed by atoms with van der Waals surface area (Å²) in [7, 11) is 0. The fourth-order valence-corrected chi connectivity index (χ4v) is 3.49. The Bertz CT molecular complexity index is 264. The Morgan fingerprint density at radius 3 is 2.60 bits per heavy atom. The third-order valence-electron chi connectivity index (χ3n) is 4.83. The van der Waals surface area contributed by atoms with Crippen molar-refractivity contribution in [3.8, 4) is 0 Å². The van der Waals surface area contributed by atoms with Crippen LogP contribution in [-0.2, 0) is 4.74 Å². The van der Waals surface area contributed by atoms with E-state index in [0.717, 1.165) is 19.1 Å². The molecule has 0 aromatic heterocycles. The van der Waals surface area contributed by atoms with Crippen molar-refractivity contribution >= 4 is 0 Å². The number of hydrogen-bond donors (Lipinski definition) is 1. The second kappa shape index (κ2) is 8.35. The highest BCUT2D eigenvalue weighted by molar-refractivity contribution is 4.79. The molecule has 0 saturated carbocycles. The summed E-state index contributed by atoms with van der Waals surface area (Å²) in [6, 6.07) is 0.667. The topological polar surface area (TPSA) is 24.5 Å². The van der Waals surface area contributed by atoms with Crippen LogP contribution in [0.4, 0.5) is 0 Å². The van der Waals surface area contributed by atoms with Gasteiger partial charge in [-0.1, -0.05) is 27.2 Å². The Labute approximate surface area is 125 Å². The lowest BCUT2D eigenvalue weighted by atomic mass is 9.95. The van der Waals surface area contributed by atoms with Crippen LogP contribution in [-0.4, -0.2) is 49.8 Å². The summed E-state index contributed by atoms with van der Waals surface area (Å²) in [4.78, 5) is 2.65. The van der Waals surface area contributed by atoms with E-state index in [2.05, 4.69) is 31.0 Å². The lowest BCUT2D eigenvalue weighted by Crippen LogP contribution is -2.44. The highest BCUT2D eigenvalue weighted by atomic mass is 16.5. The molecule has 2 fully saturated rings. The minimum Gasteiger partial charge on any atom is -0.378 e. The van der Waals surface area contributed by atoms with Crippen LogP contribution in [0.5, 0.6) is 0 Å². The number of hydrogen-bond acceptors (Lipinski definition) is 3. The average molecular weight is 282 g/mol. The van der Waals surface area contributed by atoms with Gasteiger partial charge in [-0.3, -0.25) is 0 Å². The molecule has 0 bridgehead atoms. The molecule has 3 unspecified atom stereocenters. The van der Waals surface area contributed by atoms with Crippen LogP contribution < -0.4 is 5.32 Å².